The molecule has 0 saturated carbocycles. The third kappa shape index (κ3) is 2.18. The van der Waals surface area contributed by atoms with Gasteiger partial charge in [0.25, 0.3) is 0 Å². The van der Waals surface area contributed by atoms with E-state index in [2.05, 4.69) is 9.97 Å². The Bertz CT molecular complexity index is 736. The van der Waals surface area contributed by atoms with Crippen LogP contribution in [0.1, 0.15) is 13.3 Å². The summed E-state index contributed by atoms with van der Waals surface area (Å²) in [5.41, 5.74) is 8.37. The minimum atomic E-state index is 0.474. The van der Waals surface area contributed by atoms with E-state index in [4.69, 9.17) is 10.5 Å². The van der Waals surface area contributed by atoms with Gasteiger partial charge in [-0.05, 0) is 30.7 Å². The van der Waals surface area contributed by atoms with E-state index in [-0.39, 0.29) is 0 Å². The lowest BCUT2D eigenvalue weighted by molar-refractivity contribution is 0.307. The third-order valence-corrected chi connectivity index (χ3v) is 3.02. The average Bonchev–Trinajstić information content (AvgIpc) is 2.90. The standard InChI is InChI=1S/C15H16N4O/c1-2-9-20-15-11(16)7-8-14(18-15)19-10-17-12-5-3-4-6-13(12)19/h3-8,10H,2,9,16H2,1H3. The van der Waals surface area contributed by atoms with Gasteiger partial charge < -0.3 is 10.5 Å². The first-order valence-electron chi connectivity index (χ1n) is 6.61. The van der Waals surface area contributed by atoms with Gasteiger partial charge in [0.15, 0.2) is 0 Å². The molecule has 3 rings (SSSR count). The fourth-order valence-electron chi connectivity index (χ4n) is 2.03. The van der Waals surface area contributed by atoms with Crippen LogP contribution in [0, 0.1) is 0 Å². The molecule has 0 spiro atoms. The van der Waals surface area contributed by atoms with Crippen LogP contribution in [-0.4, -0.2) is 21.1 Å². The molecule has 102 valence electrons. The molecule has 0 bridgehead atoms. The summed E-state index contributed by atoms with van der Waals surface area (Å²) in [5, 5.41) is 0. The van der Waals surface area contributed by atoms with Crippen LogP contribution in [0.4, 0.5) is 5.69 Å². The molecule has 2 heterocycles. The highest BCUT2D eigenvalue weighted by molar-refractivity contribution is 5.76. The number of anilines is 1. The molecule has 0 aliphatic carbocycles. The minimum absolute atomic E-state index is 0.474. The predicted molar refractivity (Wildman–Crippen MR) is 79.1 cm³/mol. The quantitative estimate of drug-likeness (QED) is 0.790. The second kappa shape index (κ2) is 5.21. The fourth-order valence-corrected chi connectivity index (χ4v) is 2.03. The van der Waals surface area contributed by atoms with Gasteiger partial charge in [-0.25, -0.2) is 4.98 Å². The van der Waals surface area contributed by atoms with Crippen LogP contribution in [0.3, 0.4) is 0 Å². The highest BCUT2D eigenvalue weighted by Crippen LogP contribution is 2.23. The van der Waals surface area contributed by atoms with E-state index in [0.717, 1.165) is 23.3 Å². The van der Waals surface area contributed by atoms with Crippen molar-refractivity contribution in [3.05, 3.63) is 42.7 Å². The second-order valence-corrected chi connectivity index (χ2v) is 4.52. The van der Waals surface area contributed by atoms with E-state index in [0.29, 0.717) is 18.2 Å². The van der Waals surface area contributed by atoms with Gasteiger partial charge in [-0.1, -0.05) is 19.1 Å². The molecule has 5 nitrogen and oxygen atoms in total. The maximum Gasteiger partial charge on any atom is 0.239 e. The maximum absolute atomic E-state index is 5.88. The number of rotatable bonds is 4. The van der Waals surface area contributed by atoms with Crippen molar-refractivity contribution in [2.75, 3.05) is 12.3 Å². The number of ether oxygens (including phenoxy) is 1. The molecule has 0 radical (unpaired) electrons. The Morgan fingerprint density at radius 1 is 1.20 bits per heavy atom. The molecule has 0 amide bonds. The zero-order valence-corrected chi connectivity index (χ0v) is 11.3. The fraction of sp³-hybridized carbons (Fsp3) is 0.200. The number of nitrogens with zero attached hydrogens (tertiary/aromatic N) is 3. The first kappa shape index (κ1) is 12.5. The molecule has 1 aromatic carbocycles. The summed E-state index contributed by atoms with van der Waals surface area (Å²) in [6.45, 7) is 2.65. The monoisotopic (exact) mass is 268 g/mol. The van der Waals surface area contributed by atoms with Crippen molar-refractivity contribution >= 4 is 16.7 Å². The number of pyridine rings is 1. The lowest BCUT2D eigenvalue weighted by atomic mass is 10.3. The van der Waals surface area contributed by atoms with Crippen LogP contribution < -0.4 is 10.5 Å². The van der Waals surface area contributed by atoms with Crippen molar-refractivity contribution in [2.24, 2.45) is 0 Å². The van der Waals surface area contributed by atoms with Crippen LogP contribution in [0.25, 0.3) is 16.9 Å². The maximum atomic E-state index is 5.88. The highest BCUT2D eigenvalue weighted by Gasteiger charge is 2.08. The molecular weight excluding hydrogens is 252 g/mol. The number of para-hydroxylation sites is 2. The van der Waals surface area contributed by atoms with E-state index in [1.165, 1.54) is 0 Å². The van der Waals surface area contributed by atoms with Crippen molar-refractivity contribution in [1.29, 1.82) is 0 Å². The summed E-state index contributed by atoms with van der Waals surface area (Å²) < 4.78 is 7.49. The van der Waals surface area contributed by atoms with Gasteiger partial charge in [0.2, 0.25) is 5.88 Å². The number of imidazole rings is 1. The van der Waals surface area contributed by atoms with Crippen LogP contribution in [0.2, 0.25) is 0 Å². The Hall–Kier alpha value is -2.56. The van der Waals surface area contributed by atoms with E-state index < -0.39 is 0 Å². The zero-order valence-electron chi connectivity index (χ0n) is 11.3. The van der Waals surface area contributed by atoms with E-state index in [1.54, 1.807) is 6.33 Å². The summed E-state index contributed by atoms with van der Waals surface area (Å²) >= 11 is 0. The third-order valence-electron chi connectivity index (χ3n) is 3.02. The Morgan fingerprint density at radius 2 is 2.05 bits per heavy atom. The average molecular weight is 268 g/mol. The molecule has 0 aliphatic rings. The number of fused-ring (bicyclic) bond motifs is 1. The molecule has 0 atom stereocenters. The molecule has 2 aromatic heterocycles. The molecule has 0 fully saturated rings. The number of nitrogen functional groups attached to an aromatic ring is 1. The molecule has 5 heteroatoms. The van der Waals surface area contributed by atoms with Gasteiger partial charge in [-0.2, -0.15) is 4.98 Å². The molecule has 0 aliphatic heterocycles. The van der Waals surface area contributed by atoms with Gasteiger partial charge in [0.1, 0.15) is 12.1 Å². The normalized spacial score (nSPS) is 10.8. The first-order chi connectivity index (χ1) is 9.79. The van der Waals surface area contributed by atoms with Gasteiger partial charge in [0.05, 0.1) is 23.3 Å². The van der Waals surface area contributed by atoms with Crippen LogP contribution in [-0.2, 0) is 0 Å². The molecule has 0 saturated heterocycles. The predicted octanol–water partition coefficient (Wildman–Crippen LogP) is 2.79. The Kier molecular flexibility index (Phi) is 3.25. The van der Waals surface area contributed by atoms with Crippen LogP contribution in [0.5, 0.6) is 5.88 Å². The summed E-state index contributed by atoms with van der Waals surface area (Å²) in [6.07, 6.45) is 2.67. The number of aromatic nitrogens is 3. The molecule has 0 unspecified atom stereocenters. The van der Waals surface area contributed by atoms with E-state index in [9.17, 15) is 0 Å². The van der Waals surface area contributed by atoms with Gasteiger partial charge >= 0.3 is 0 Å². The summed E-state index contributed by atoms with van der Waals surface area (Å²) in [5.74, 6) is 1.22. The van der Waals surface area contributed by atoms with E-state index >= 15 is 0 Å². The van der Waals surface area contributed by atoms with Crippen molar-refractivity contribution in [2.45, 2.75) is 13.3 Å². The number of nitrogens with two attached hydrogens (primary N) is 1. The number of benzene rings is 1. The topological polar surface area (TPSA) is 66.0 Å². The number of hydrogen-bond acceptors (Lipinski definition) is 4. The lowest BCUT2D eigenvalue weighted by Gasteiger charge is -2.09. The minimum Gasteiger partial charge on any atom is -0.476 e. The van der Waals surface area contributed by atoms with Crippen LogP contribution >= 0.6 is 0 Å². The zero-order chi connectivity index (χ0) is 13.9. The second-order valence-electron chi connectivity index (χ2n) is 4.52. The summed E-state index contributed by atoms with van der Waals surface area (Å²) in [6, 6.07) is 11.6. The van der Waals surface area contributed by atoms with Crippen molar-refractivity contribution in [3.63, 3.8) is 0 Å². The van der Waals surface area contributed by atoms with Gasteiger partial charge in [-0.3, -0.25) is 4.57 Å². The Balaban J connectivity index is 2.05. The molecule has 2 N–H and O–H groups in total. The van der Waals surface area contributed by atoms with E-state index in [1.807, 2.05) is 47.9 Å². The number of hydrogen-bond donors (Lipinski definition) is 1. The lowest BCUT2D eigenvalue weighted by Crippen LogP contribution is -2.04. The van der Waals surface area contributed by atoms with Crippen molar-refractivity contribution in [1.82, 2.24) is 14.5 Å². The first-order valence-corrected chi connectivity index (χ1v) is 6.61. The Labute approximate surface area is 117 Å². The SMILES string of the molecule is CCCOc1nc(-n2cnc3ccccc32)ccc1N. The summed E-state index contributed by atoms with van der Waals surface area (Å²) in [4.78, 5) is 8.84. The highest BCUT2D eigenvalue weighted by atomic mass is 16.5. The molecular formula is C15H16N4O. The smallest absolute Gasteiger partial charge is 0.239 e. The molecule has 20 heavy (non-hydrogen) atoms. The molecule has 3 aromatic rings. The largest absolute Gasteiger partial charge is 0.476 e. The summed E-state index contributed by atoms with van der Waals surface area (Å²) in [7, 11) is 0. The Morgan fingerprint density at radius 3 is 2.90 bits per heavy atom. The van der Waals surface area contributed by atoms with Crippen molar-refractivity contribution < 1.29 is 4.74 Å². The van der Waals surface area contributed by atoms with Crippen molar-refractivity contribution in [3.8, 4) is 11.7 Å². The van der Waals surface area contributed by atoms with Gasteiger partial charge in [0, 0.05) is 0 Å². The van der Waals surface area contributed by atoms with Crippen LogP contribution in [0.15, 0.2) is 42.7 Å². The van der Waals surface area contributed by atoms with Gasteiger partial charge in [-0.15, -0.1) is 0 Å².